The van der Waals surface area contributed by atoms with Crippen LogP contribution in [-0.2, 0) is 0 Å². The van der Waals surface area contributed by atoms with Crippen LogP contribution in [0.5, 0.6) is 0 Å². The van der Waals surface area contributed by atoms with Crippen LogP contribution in [0.4, 0.5) is 0 Å². The summed E-state index contributed by atoms with van der Waals surface area (Å²) in [6, 6.07) is 7.62. The average molecular weight is 192 g/mol. The van der Waals surface area contributed by atoms with E-state index in [1.807, 2.05) is 24.3 Å². The molecule has 1 aromatic rings. The van der Waals surface area contributed by atoms with E-state index in [1.54, 1.807) is 6.08 Å². The van der Waals surface area contributed by atoms with Gasteiger partial charge in [0, 0.05) is 6.61 Å². The van der Waals surface area contributed by atoms with Crippen LogP contribution in [0, 0.1) is 0 Å². The standard InChI is InChI=1S/C12H16O2/c1-2-10-5-7-11(8-6-10)12(14)4-3-9-13/h2,5-8,12-14H,1,3-4,9H2. The maximum atomic E-state index is 9.68. The second kappa shape index (κ2) is 5.58. The van der Waals surface area contributed by atoms with Gasteiger partial charge in [-0.3, -0.25) is 0 Å². The quantitative estimate of drug-likeness (QED) is 0.750. The van der Waals surface area contributed by atoms with Gasteiger partial charge in [0.25, 0.3) is 0 Å². The summed E-state index contributed by atoms with van der Waals surface area (Å²) in [7, 11) is 0. The van der Waals surface area contributed by atoms with E-state index in [1.165, 1.54) is 0 Å². The highest BCUT2D eigenvalue weighted by atomic mass is 16.3. The molecule has 0 aliphatic carbocycles. The van der Waals surface area contributed by atoms with Gasteiger partial charge >= 0.3 is 0 Å². The van der Waals surface area contributed by atoms with Crippen LogP contribution in [0.15, 0.2) is 30.8 Å². The molecule has 1 atom stereocenters. The highest BCUT2D eigenvalue weighted by Crippen LogP contribution is 2.18. The van der Waals surface area contributed by atoms with Crippen molar-refractivity contribution in [3.63, 3.8) is 0 Å². The minimum absolute atomic E-state index is 0.127. The zero-order valence-corrected chi connectivity index (χ0v) is 8.19. The molecule has 76 valence electrons. The van der Waals surface area contributed by atoms with Crippen molar-refractivity contribution >= 4 is 6.08 Å². The molecule has 2 nitrogen and oxygen atoms in total. The van der Waals surface area contributed by atoms with Gasteiger partial charge in [0.2, 0.25) is 0 Å². The monoisotopic (exact) mass is 192 g/mol. The molecule has 0 aliphatic rings. The predicted molar refractivity (Wildman–Crippen MR) is 57.8 cm³/mol. The first-order chi connectivity index (χ1) is 6.77. The molecule has 2 heteroatoms. The number of hydrogen-bond acceptors (Lipinski definition) is 2. The normalized spacial score (nSPS) is 12.4. The van der Waals surface area contributed by atoms with E-state index in [9.17, 15) is 5.11 Å². The molecule has 1 unspecified atom stereocenters. The maximum absolute atomic E-state index is 9.68. The van der Waals surface area contributed by atoms with Crippen molar-refractivity contribution < 1.29 is 10.2 Å². The lowest BCUT2D eigenvalue weighted by Crippen LogP contribution is -1.98. The first kappa shape index (κ1) is 11.0. The number of aliphatic hydroxyl groups is 2. The molecule has 0 bridgehead atoms. The van der Waals surface area contributed by atoms with Gasteiger partial charge in [-0.2, -0.15) is 0 Å². The Morgan fingerprint density at radius 3 is 2.43 bits per heavy atom. The van der Waals surface area contributed by atoms with E-state index in [0.717, 1.165) is 11.1 Å². The number of hydrogen-bond donors (Lipinski definition) is 2. The second-order valence-corrected chi connectivity index (χ2v) is 3.25. The van der Waals surface area contributed by atoms with Gasteiger partial charge in [0.15, 0.2) is 0 Å². The number of benzene rings is 1. The summed E-state index contributed by atoms with van der Waals surface area (Å²) in [5.41, 5.74) is 1.94. The van der Waals surface area contributed by atoms with Crippen LogP contribution in [0.2, 0.25) is 0 Å². The lowest BCUT2D eigenvalue weighted by Gasteiger charge is -2.09. The van der Waals surface area contributed by atoms with Crippen molar-refractivity contribution in [1.82, 2.24) is 0 Å². The molecule has 1 rings (SSSR count). The Morgan fingerprint density at radius 2 is 1.93 bits per heavy atom. The van der Waals surface area contributed by atoms with Crippen LogP contribution >= 0.6 is 0 Å². The topological polar surface area (TPSA) is 40.5 Å². The molecule has 0 saturated heterocycles. The Bertz CT molecular complexity index is 277. The summed E-state index contributed by atoms with van der Waals surface area (Å²) in [6.45, 7) is 3.79. The number of rotatable bonds is 5. The molecule has 0 amide bonds. The van der Waals surface area contributed by atoms with Gasteiger partial charge in [-0.25, -0.2) is 0 Å². The molecule has 1 aromatic carbocycles. The lowest BCUT2D eigenvalue weighted by atomic mass is 10.0. The molecule has 0 aliphatic heterocycles. The van der Waals surface area contributed by atoms with E-state index in [-0.39, 0.29) is 6.61 Å². The summed E-state index contributed by atoms with van der Waals surface area (Å²) in [4.78, 5) is 0. The zero-order chi connectivity index (χ0) is 10.4. The fraction of sp³-hybridized carbons (Fsp3) is 0.333. The van der Waals surface area contributed by atoms with Crippen molar-refractivity contribution in [3.05, 3.63) is 42.0 Å². The number of aliphatic hydroxyl groups excluding tert-OH is 2. The first-order valence-electron chi connectivity index (χ1n) is 4.79. The van der Waals surface area contributed by atoms with Crippen molar-refractivity contribution in [2.75, 3.05) is 6.61 Å². The predicted octanol–water partition coefficient (Wildman–Crippen LogP) is 2.14. The van der Waals surface area contributed by atoms with Crippen LogP contribution < -0.4 is 0 Å². The second-order valence-electron chi connectivity index (χ2n) is 3.25. The first-order valence-corrected chi connectivity index (χ1v) is 4.79. The Morgan fingerprint density at radius 1 is 1.29 bits per heavy atom. The van der Waals surface area contributed by atoms with Gasteiger partial charge < -0.3 is 10.2 Å². The lowest BCUT2D eigenvalue weighted by molar-refractivity contribution is 0.152. The molecule has 0 fully saturated rings. The van der Waals surface area contributed by atoms with Crippen LogP contribution in [0.25, 0.3) is 6.08 Å². The Hall–Kier alpha value is -1.12. The Kier molecular flexibility index (Phi) is 4.36. The third kappa shape index (κ3) is 2.98. The third-order valence-corrected chi connectivity index (χ3v) is 2.19. The molecule has 0 saturated carbocycles. The van der Waals surface area contributed by atoms with Crippen molar-refractivity contribution in [1.29, 1.82) is 0 Å². The van der Waals surface area contributed by atoms with Crippen molar-refractivity contribution in [3.8, 4) is 0 Å². The molecule has 0 radical (unpaired) electrons. The zero-order valence-electron chi connectivity index (χ0n) is 8.19. The smallest absolute Gasteiger partial charge is 0.0790 e. The molecule has 2 N–H and O–H groups in total. The minimum atomic E-state index is -0.471. The molecule has 0 heterocycles. The average Bonchev–Trinajstić information content (AvgIpc) is 2.26. The minimum Gasteiger partial charge on any atom is -0.396 e. The van der Waals surface area contributed by atoms with E-state index in [2.05, 4.69) is 6.58 Å². The van der Waals surface area contributed by atoms with E-state index in [4.69, 9.17) is 5.11 Å². The fourth-order valence-corrected chi connectivity index (χ4v) is 1.31. The molecule has 0 spiro atoms. The van der Waals surface area contributed by atoms with Gasteiger partial charge in [-0.15, -0.1) is 0 Å². The molecule has 14 heavy (non-hydrogen) atoms. The Balaban J connectivity index is 2.61. The Labute approximate surface area is 84.5 Å². The van der Waals surface area contributed by atoms with Crippen LogP contribution in [-0.4, -0.2) is 16.8 Å². The highest BCUT2D eigenvalue weighted by Gasteiger charge is 2.05. The van der Waals surface area contributed by atoms with E-state index in [0.29, 0.717) is 12.8 Å². The SMILES string of the molecule is C=Cc1ccc(C(O)CCCO)cc1. The van der Waals surface area contributed by atoms with Crippen LogP contribution in [0.3, 0.4) is 0 Å². The molecule has 0 aromatic heterocycles. The summed E-state index contributed by atoms with van der Waals surface area (Å²) in [6.07, 6.45) is 2.53. The van der Waals surface area contributed by atoms with Crippen molar-refractivity contribution in [2.45, 2.75) is 18.9 Å². The summed E-state index contributed by atoms with van der Waals surface area (Å²) in [5.74, 6) is 0. The van der Waals surface area contributed by atoms with E-state index < -0.39 is 6.10 Å². The van der Waals surface area contributed by atoms with Crippen molar-refractivity contribution in [2.24, 2.45) is 0 Å². The summed E-state index contributed by atoms with van der Waals surface area (Å²) >= 11 is 0. The summed E-state index contributed by atoms with van der Waals surface area (Å²) < 4.78 is 0. The van der Waals surface area contributed by atoms with Gasteiger partial charge in [-0.05, 0) is 24.0 Å². The highest BCUT2D eigenvalue weighted by molar-refractivity contribution is 5.47. The van der Waals surface area contributed by atoms with Gasteiger partial charge in [0.05, 0.1) is 6.10 Å². The third-order valence-electron chi connectivity index (χ3n) is 2.19. The maximum Gasteiger partial charge on any atom is 0.0790 e. The van der Waals surface area contributed by atoms with E-state index >= 15 is 0 Å². The molecular weight excluding hydrogens is 176 g/mol. The largest absolute Gasteiger partial charge is 0.396 e. The van der Waals surface area contributed by atoms with Crippen LogP contribution in [0.1, 0.15) is 30.1 Å². The molecular formula is C12H16O2. The fourth-order valence-electron chi connectivity index (χ4n) is 1.31. The van der Waals surface area contributed by atoms with Gasteiger partial charge in [-0.1, -0.05) is 36.9 Å². The summed E-state index contributed by atoms with van der Waals surface area (Å²) in [5, 5.41) is 18.3. The van der Waals surface area contributed by atoms with Gasteiger partial charge in [0.1, 0.15) is 0 Å².